The number of aliphatic hydroxyl groups excluding tert-OH is 1. The van der Waals surface area contributed by atoms with Crippen LogP contribution in [0.1, 0.15) is 16.8 Å². The van der Waals surface area contributed by atoms with Crippen molar-refractivity contribution in [3.63, 3.8) is 0 Å². The van der Waals surface area contributed by atoms with E-state index in [2.05, 4.69) is 40.7 Å². The molecule has 27 heavy (non-hydrogen) atoms. The van der Waals surface area contributed by atoms with E-state index >= 15 is 0 Å². The van der Waals surface area contributed by atoms with Gasteiger partial charge in [-0.3, -0.25) is 0 Å². The van der Waals surface area contributed by atoms with Crippen molar-refractivity contribution in [2.24, 2.45) is 5.92 Å². The molecule has 0 aliphatic carbocycles. The lowest BCUT2D eigenvalue weighted by atomic mass is 10.1. The Kier molecular flexibility index (Phi) is 5.38. The summed E-state index contributed by atoms with van der Waals surface area (Å²) in [6, 6.07) is 12.2. The average Bonchev–Trinajstić information content (AvgIpc) is 3.28. The molecule has 1 aromatic carbocycles. The molecule has 2 unspecified atom stereocenters. The minimum Gasteiger partial charge on any atom is -0.487 e. The summed E-state index contributed by atoms with van der Waals surface area (Å²) in [5.41, 5.74) is 4.24. The largest absolute Gasteiger partial charge is 0.487 e. The molecule has 3 aromatic rings. The van der Waals surface area contributed by atoms with Crippen molar-refractivity contribution in [2.45, 2.75) is 26.2 Å². The van der Waals surface area contributed by atoms with Gasteiger partial charge in [0.25, 0.3) is 0 Å². The van der Waals surface area contributed by atoms with Gasteiger partial charge in [0, 0.05) is 44.5 Å². The maximum Gasteiger partial charge on any atom is 0.140 e. The highest BCUT2D eigenvalue weighted by Gasteiger charge is 2.23. The Morgan fingerprint density at radius 2 is 2.11 bits per heavy atom. The summed E-state index contributed by atoms with van der Waals surface area (Å²) in [5.74, 6) is 1.13. The molecule has 0 bridgehead atoms. The number of fused-ring (bicyclic) bond motifs is 1. The van der Waals surface area contributed by atoms with Gasteiger partial charge in [-0.15, -0.1) is 0 Å². The summed E-state index contributed by atoms with van der Waals surface area (Å²) in [4.78, 5) is 4.63. The van der Waals surface area contributed by atoms with Crippen molar-refractivity contribution in [1.29, 1.82) is 0 Å². The molecule has 4 rings (SSSR count). The Morgan fingerprint density at radius 3 is 2.85 bits per heavy atom. The molecule has 3 N–H and O–H groups in total. The first-order valence-corrected chi connectivity index (χ1v) is 9.43. The van der Waals surface area contributed by atoms with Gasteiger partial charge in [-0.2, -0.15) is 0 Å². The molecular weight excluding hydrogens is 340 g/mol. The van der Waals surface area contributed by atoms with Gasteiger partial charge in [0.2, 0.25) is 0 Å². The Morgan fingerprint density at radius 1 is 1.26 bits per heavy atom. The van der Waals surface area contributed by atoms with E-state index in [1.54, 1.807) is 0 Å². The van der Waals surface area contributed by atoms with Crippen LogP contribution in [0.3, 0.4) is 0 Å². The molecule has 1 fully saturated rings. The maximum absolute atomic E-state index is 9.81. The van der Waals surface area contributed by atoms with E-state index < -0.39 is 0 Å². The third-order valence-electron chi connectivity index (χ3n) is 5.08. The van der Waals surface area contributed by atoms with E-state index in [0.717, 1.165) is 42.3 Å². The number of aryl methyl sites for hydroxylation is 1. The molecule has 2 aromatic heterocycles. The normalized spacial score (nSPS) is 19.6. The first-order chi connectivity index (χ1) is 13.2. The first-order valence-electron chi connectivity index (χ1n) is 9.43. The molecule has 0 radical (unpaired) electrons. The van der Waals surface area contributed by atoms with Gasteiger partial charge in [0.05, 0.1) is 11.8 Å². The van der Waals surface area contributed by atoms with Crippen molar-refractivity contribution in [3.05, 3.63) is 65.6 Å². The fourth-order valence-electron chi connectivity index (χ4n) is 3.46. The highest BCUT2D eigenvalue weighted by Crippen LogP contribution is 2.16. The number of hydrogen-bond donors (Lipinski definition) is 3. The Hall–Kier alpha value is -2.41. The Bertz CT molecular complexity index is 891. The fourth-order valence-corrected chi connectivity index (χ4v) is 3.46. The molecule has 0 amide bonds. The van der Waals surface area contributed by atoms with Gasteiger partial charge in [0.15, 0.2) is 0 Å². The van der Waals surface area contributed by atoms with Gasteiger partial charge >= 0.3 is 0 Å². The molecule has 1 aliphatic rings. The Labute approximate surface area is 159 Å². The van der Waals surface area contributed by atoms with Gasteiger partial charge in [-0.1, -0.05) is 18.2 Å². The van der Waals surface area contributed by atoms with Gasteiger partial charge < -0.3 is 24.9 Å². The second-order valence-electron chi connectivity index (χ2n) is 7.20. The third-order valence-corrected chi connectivity index (χ3v) is 5.08. The molecule has 2 atom stereocenters. The SMILES string of the molecule is Cc1cccn2cc(COc3ccc(CNCC4CNCC4O)cc3)nc12. The van der Waals surface area contributed by atoms with Crippen molar-refractivity contribution in [1.82, 2.24) is 20.0 Å². The minimum absolute atomic E-state index is 0.239. The van der Waals surface area contributed by atoms with E-state index in [0.29, 0.717) is 19.1 Å². The van der Waals surface area contributed by atoms with Crippen LogP contribution in [0.15, 0.2) is 48.8 Å². The van der Waals surface area contributed by atoms with Crippen LogP contribution < -0.4 is 15.4 Å². The van der Waals surface area contributed by atoms with Crippen molar-refractivity contribution in [3.8, 4) is 5.75 Å². The van der Waals surface area contributed by atoms with Crippen LogP contribution in [0.5, 0.6) is 5.75 Å². The molecule has 3 heterocycles. The third kappa shape index (κ3) is 4.30. The monoisotopic (exact) mass is 366 g/mol. The zero-order valence-electron chi connectivity index (χ0n) is 15.6. The summed E-state index contributed by atoms with van der Waals surface area (Å²) in [5, 5.41) is 16.4. The number of rotatable bonds is 7. The standard InChI is InChI=1S/C21H26N4O2/c1-15-3-2-8-25-13-18(24-21(15)25)14-27-19-6-4-16(5-7-19)9-22-10-17-11-23-12-20(17)26/h2-8,13,17,20,22-23,26H,9-12,14H2,1H3. The lowest BCUT2D eigenvalue weighted by Crippen LogP contribution is -2.30. The van der Waals surface area contributed by atoms with Crippen LogP contribution in [-0.4, -0.2) is 40.2 Å². The molecule has 6 nitrogen and oxygen atoms in total. The molecule has 1 aliphatic heterocycles. The predicted molar refractivity (Wildman–Crippen MR) is 105 cm³/mol. The zero-order valence-corrected chi connectivity index (χ0v) is 15.6. The van der Waals surface area contributed by atoms with Gasteiger partial charge in [-0.05, 0) is 36.2 Å². The molecule has 0 saturated carbocycles. The van der Waals surface area contributed by atoms with E-state index in [-0.39, 0.29) is 6.10 Å². The van der Waals surface area contributed by atoms with Crippen LogP contribution in [0.4, 0.5) is 0 Å². The van der Waals surface area contributed by atoms with Crippen LogP contribution in [0.25, 0.3) is 5.65 Å². The zero-order chi connectivity index (χ0) is 18.6. The number of pyridine rings is 1. The van der Waals surface area contributed by atoms with Gasteiger partial charge in [-0.25, -0.2) is 4.98 Å². The van der Waals surface area contributed by atoms with Crippen LogP contribution in [-0.2, 0) is 13.2 Å². The van der Waals surface area contributed by atoms with Crippen LogP contribution in [0, 0.1) is 12.8 Å². The second kappa shape index (κ2) is 8.08. The van der Waals surface area contributed by atoms with Gasteiger partial charge in [0.1, 0.15) is 18.0 Å². The fraction of sp³-hybridized carbons (Fsp3) is 0.381. The summed E-state index contributed by atoms with van der Waals surface area (Å²) in [6.45, 7) is 5.69. The summed E-state index contributed by atoms with van der Waals surface area (Å²) in [7, 11) is 0. The average molecular weight is 366 g/mol. The van der Waals surface area contributed by atoms with E-state index in [1.807, 2.05) is 35.0 Å². The van der Waals surface area contributed by atoms with Crippen molar-refractivity contribution < 1.29 is 9.84 Å². The lowest BCUT2D eigenvalue weighted by molar-refractivity contribution is 0.146. The van der Waals surface area contributed by atoms with Crippen LogP contribution >= 0.6 is 0 Å². The number of aromatic nitrogens is 2. The van der Waals surface area contributed by atoms with Crippen molar-refractivity contribution in [2.75, 3.05) is 19.6 Å². The number of benzene rings is 1. The summed E-state index contributed by atoms with van der Waals surface area (Å²) < 4.78 is 7.91. The number of β-amino-alcohol motifs (C(OH)–C–C–N with tert-alkyl or cyclic N) is 1. The van der Waals surface area contributed by atoms with E-state index in [9.17, 15) is 5.11 Å². The molecule has 0 spiro atoms. The van der Waals surface area contributed by atoms with E-state index in [1.165, 1.54) is 5.56 Å². The molecule has 6 heteroatoms. The topological polar surface area (TPSA) is 70.8 Å². The molecule has 142 valence electrons. The predicted octanol–water partition coefficient (Wildman–Crippen LogP) is 1.89. The number of nitrogens with one attached hydrogen (secondary N) is 2. The molecule has 1 saturated heterocycles. The summed E-state index contributed by atoms with van der Waals surface area (Å²) in [6.07, 6.45) is 3.77. The quantitative estimate of drug-likeness (QED) is 0.596. The maximum atomic E-state index is 9.81. The highest BCUT2D eigenvalue weighted by molar-refractivity contribution is 5.47. The number of nitrogens with zero attached hydrogens (tertiary/aromatic N) is 2. The van der Waals surface area contributed by atoms with Crippen molar-refractivity contribution >= 4 is 5.65 Å². The smallest absolute Gasteiger partial charge is 0.140 e. The van der Waals surface area contributed by atoms with E-state index in [4.69, 9.17) is 4.74 Å². The highest BCUT2D eigenvalue weighted by atomic mass is 16.5. The number of aliphatic hydroxyl groups is 1. The van der Waals surface area contributed by atoms with Crippen LogP contribution in [0.2, 0.25) is 0 Å². The lowest BCUT2D eigenvalue weighted by Gasteiger charge is -2.14. The minimum atomic E-state index is -0.239. The number of hydrogen-bond acceptors (Lipinski definition) is 5. The number of imidazole rings is 1. The molecular formula is C21H26N4O2. The number of ether oxygens (including phenoxy) is 1. The first kappa shape index (κ1) is 18.0. The summed E-state index contributed by atoms with van der Waals surface area (Å²) >= 11 is 0. The Balaban J connectivity index is 1.27. The second-order valence-corrected chi connectivity index (χ2v) is 7.20.